The average Bonchev–Trinajstić information content (AvgIpc) is 2.77. The van der Waals surface area contributed by atoms with E-state index in [2.05, 4.69) is 36.4 Å². The molecule has 0 saturated carbocycles. The highest BCUT2D eigenvalue weighted by Crippen LogP contribution is 2.37. The van der Waals surface area contributed by atoms with Crippen LogP contribution in [0.5, 0.6) is 0 Å². The van der Waals surface area contributed by atoms with Crippen molar-refractivity contribution >= 4 is 23.5 Å². The minimum absolute atomic E-state index is 0.0381. The molecule has 5 nitrogen and oxygen atoms in total. The number of ether oxygens (including phenoxy) is 2. The molecule has 0 N–H and O–H groups in total. The molecule has 0 unspecified atom stereocenters. The molecule has 1 fully saturated rings. The zero-order chi connectivity index (χ0) is 20.9. The molecule has 1 aliphatic rings. The maximum Gasteiger partial charge on any atom is 0.323 e. The van der Waals surface area contributed by atoms with Gasteiger partial charge in [-0.3, -0.25) is 4.90 Å². The van der Waals surface area contributed by atoms with E-state index in [1.807, 2.05) is 12.1 Å². The number of nitrogens with zero attached hydrogens (tertiary/aromatic N) is 2. The molecule has 0 aromatic heterocycles. The maximum absolute atomic E-state index is 12.2. The van der Waals surface area contributed by atoms with E-state index in [-0.39, 0.29) is 11.6 Å². The second-order valence-corrected chi connectivity index (χ2v) is 8.58. The molecule has 6 heteroatoms. The van der Waals surface area contributed by atoms with Gasteiger partial charge in [-0.25, -0.2) is 4.79 Å². The highest BCUT2D eigenvalue weighted by molar-refractivity contribution is 7.98. The molecule has 3 rings (SSSR count). The van der Waals surface area contributed by atoms with Crippen molar-refractivity contribution in [3.8, 4) is 0 Å². The first-order valence-electron chi connectivity index (χ1n) is 9.85. The smallest absolute Gasteiger partial charge is 0.323 e. The topological polar surface area (TPSA) is 42.0 Å². The molecule has 2 aromatic carbocycles. The highest BCUT2D eigenvalue weighted by atomic mass is 32.2. The second kappa shape index (κ2) is 9.65. The minimum Gasteiger partial charge on any atom is -0.381 e. The second-order valence-electron chi connectivity index (χ2n) is 7.53. The van der Waals surface area contributed by atoms with Gasteiger partial charge < -0.3 is 14.4 Å². The summed E-state index contributed by atoms with van der Waals surface area (Å²) in [5, 5.41) is 0. The summed E-state index contributed by atoms with van der Waals surface area (Å²) in [4.78, 5) is 16.7. The number of hydrogen-bond acceptors (Lipinski definition) is 4. The van der Waals surface area contributed by atoms with Gasteiger partial charge in [-0.1, -0.05) is 24.3 Å². The van der Waals surface area contributed by atoms with Gasteiger partial charge in [0.1, 0.15) is 0 Å². The molecule has 2 aromatic rings. The number of rotatable bonds is 6. The molecular weight excluding hydrogens is 384 g/mol. The first kappa shape index (κ1) is 21.7. The van der Waals surface area contributed by atoms with Crippen molar-refractivity contribution in [1.29, 1.82) is 0 Å². The Bertz CT molecular complexity index is 834. The molecule has 1 heterocycles. The number of benzene rings is 2. The molecule has 29 heavy (non-hydrogen) atoms. The third-order valence-corrected chi connectivity index (χ3v) is 6.49. The van der Waals surface area contributed by atoms with Gasteiger partial charge in [0.05, 0.1) is 5.60 Å². The SMILES string of the molecule is COC1(c2cccc(SCc3cccc(N(C)C(=O)N(C)C)c3)c2)CCOCC1. The first-order chi connectivity index (χ1) is 13.9. The Hall–Kier alpha value is -2.02. The third kappa shape index (κ3) is 5.13. The summed E-state index contributed by atoms with van der Waals surface area (Å²) in [6.45, 7) is 1.47. The number of anilines is 1. The number of urea groups is 1. The highest BCUT2D eigenvalue weighted by Gasteiger charge is 2.34. The van der Waals surface area contributed by atoms with Crippen LogP contribution in [0.15, 0.2) is 53.4 Å². The summed E-state index contributed by atoms with van der Waals surface area (Å²) in [6, 6.07) is 16.7. The molecule has 156 valence electrons. The first-order valence-corrected chi connectivity index (χ1v) is 10.8. The Morgan fingerprint density at radius 2 is 1.83 bits per heavy atom. The van der Waals surface area contributed by atoms with Gasteiger partial charge in [0.2, 0.25) is 0 Å². The van der Waals surface area contributed by atoms with E-state index in [0.717, 1.165) is 37.5 Å². The lowest BCUT2D eigenvalue weighted by Gasteiger charge is -2.36. The fraction of sp³-hybridized carbons (Fsp3) is 0.435. The van der Waals surface area contributed by atoms with Crippen LogP contribution in [0.25, 0.3) is 0 Å². The normalized spacial score (nSPS) is 15.7. The number of thioether (sulfide) groups is 1. The summed E-state index contributed by atoms with van der Waals surface area (Å²) in [7, 11) is 7.12. The van der Waals surface area contributed by atoms with Crippen LogP contribution in [0.3, 0.4) is 0 Å². The van der Waals surface area contributed by atoms with E-state index in [9.17, 15) is 4.79 Å². The van der Waals surface area contributed by atoms with Crippen LogP contribution in [0, 0.1) is 0 Å². The molecule has 0 atom stereocenters. The van der Waals surface area contributed by atoms with Gasteiger partial charge in [0.15, 0.2) is 0 Å². The summed E-state index contributed by atoms with van der Waals surface area (Å²) < 4.78 is 11.5. The summed E-state index contributed by atoms with van der Waals surface area (Å²) in [6.07, 6.45) is 1.76. The zero-order valence-electron chi connectivity index (χ0n) is 17.7. The van der Waals surface area contributed by atoms with Crippen molar-refractivity contribution in [2.24, 2.45) is 0 Å². The largest absolute Gasteiger partial charge is 0.381 e. The van der Waals surface area contributed by atoms with E-state index in [0.29, 0.717) is 0 Å². The van der Waals surface area contributed by atoms with Gasteiger partial charge in [0, 0.05) is 70.6 Å². The molecule has 0 bridgehead atoms. The predicted octanol–water partition coefficient (Wildman–Crippen LogP) is 4.75. The maximum atomic E-state index is 12.2. The Kier molecular flexibility index (Phi) is 7.22. The lowest BCUT2D eigenvalue weighted by Crippen LogP contribution is -2.36. The summed E-state index contributed by atoms with van der Waals surface area (Å²) in [5.74, 6) is 0.838. The Balaban J connectivity index is 1.71. The Morgan fingerprint density at radius 3 is 2.52 bits per heavy atom. The fourth-order valence-electron chi connectivity index (χ4n) is 3.61. The van der Waals surface area contributed by atoms with Crippen molar-refractivity contribution in [2.45, 2.75) is 29.1 Å². The molecule has 1 aliphatic heterocycles. The van der Waals surface area contributed by atoms with Crippen LogP contribution >= 0.6 is 11.8 Å². The van der Waals surface area contributed by atoms with E-state index < -0.39 is 0 Å². The average molecular weight is 415 g/mol. The zero-order valence-corrected chi connectivity index (χ0v) is 18.5. The standard InChI is InChI=1S/C23H30N2O3S/c1-24(2)22(26)25(3)20-9-5-7-18(15-20)17-29-21-10-6-8-19(16-21)23(27-4)11-13-28-14-12-23/h5-10,15-16H,11-14,17H2,1-4H3. The molecule has 0 aliphatic carbocycles. The quantitative estimate of drug-likeness (QED) is 0.640. The lowest BCUT2D eigenvalue weighted by molar-refractivity contribution is -0.0948. The predicted molar refractivity (Wildman–Crippen MR) is 119 cm³/mol. The summed E-state index contributed by atoms with van der Waals surface area (Å²) >= 11 is 1.80. The van der Waals surface area contributed by atoms with E-state index in [1.165, 1.54) is 16.0 Å². The van der Waals surface area contributed by atoms with E-state index >= 15 is 0 Å². The molecule has 1 saturated heterocycles. The van der Waals surface area contributed by atoms with Crippen molar-refractivity contribution in [1.82, 2.24) is 4.90 Å². The van der Waals surface area contributed by atoms with E-state index in [4.69, 9.17) is 9.47 Å². The van der Waals surface area contributed by atoms with Crippen LogP contribution in [-0.4, -0.2) is 52.4 Å². The van der Waals surface area contributed by atoms with Crippen LogP contribution in [0.1, 0.15) is 24.0 Å². The monoisotopic (exact) mass is 414 g/mol. The lowest BCUT2D eigenvalue weighted by atomic mass is 9.86. The van der Waals surface area contributed by atoms with Crippen LogP contribution in [0.2, 0.25) is 0 Å². The van der Waals surface area contributed by atoms with Crippen molar-refractivity contribution < 1.29 is 14.3 Å². The molecule has 0 spiro atoms. The van der Waals surface area contributed by atoms with Gasteiger partial charge >= 0.3 is 6.03 Å². The van der Waals surface area contributed by atoms with Crippen LogP contribution in [0.4, 0.5) is 10.5 Å². The van der Waals surface area contributed by atoms with Crippen molar-refractivity contribution in [2.75, 3.05) is 46.4 Å². The Labute approximate surface area is 178 Å². The number of carbonyl (C=O) groups is 1. The molecule has 2 amide bonds. The van der Waals surface area contributed by atoms with Crippen molar-refractivity contribution in [3.63, 3.8) is 0 Å². The third-order valence-electron chi connectivity index (χ3n) is 5.42. The number of hydrogen-bond donors (Lipinski definition) is 0. The fourth-order valence-corrected chi connectivity index (χ4v) is 4.51. The minimum atomic E-state index is -0.246. The van der Waals surface area contributed by atoms with Gasteiger partial charge in [-0.15, -0.1) is 11.8 Å². The van der Waals surface area contributed by atoms with Crippen LogP contribution in [-0.2, 0) is 20.8 Å². The summed E-state index contributed by atoms with van der Waals surface area (Å²) in [5.41, 5.74) is 3.06. The number of carbonyl (C=O) groups excluding carboxylic acids is 1. The molecule has 0 radical (unpaired) electrons. The number of methoxy groups -OCH3 is 1. The van der Waals surface area contributed by atoms with Crippen LogP contribution < -0.4 is 4.90 Å². The van der Waals surface area contributed by atoms with Crippen molar-refractivity contribution in [3.05, 3.63) is 59.7 Å². The van der Waals surface area contributed by atoms with E-state index in [1.54, 1.807) is 49.8 Å². The van der Waals surface area contributed by atoms with Gasteiger partial charge in [-0.2, -0.15) is 0 Å². The number of amides is 2. The Morgan fingerprint density at radius 1 is 1.10 bits per heavy atom. The van der Waals surface area contributed by atoms with Gasteiger partial charge in [0.25, 0.3) is 0 Å². The van der Waals surface area contributed by atoms with Gasteiger partial charge in [-0.05, 0) is 35.4 Å². The molecular formula is C23H30N2O3S.